The molecule has 0 aliphatic carbocycles. The number of aromatic amines is 1. The van der Waals surface area contributed by atoms with Crippen LogP contribution in [0.15, 0.2) is 49.1 Å². The molecule has 3 N–H and O–H groups in total. The van der Waals surface area contributed by atoms with E-state index in [9.17, 15) is 14.7 Å². The van der Waals surface area contributed by atoms with Gasteiger partial charge in [-0.25, -0.2) is 9.18 Å². The number of rotatable bonds is 8. The Morgan fingerprint density at radius 2 is 2.14 bits per heavy atom. The molecule has 3 amide bonds. The van der Waals surface area contributed by atoms with Gasteiger partial charge in [0.05, 0.1) is 7.11 Å². The number of nitrogens with zero attached hydrogens (tertiary/aromatic N) is 2. The molecular formula is C27H29FN4O4. The Kier molecular flexibility index (Phi) is 5.96. The minimum atomic E-state index is -1.22. The third kappa shape index (κ3) is 3.53. The first kappa shape index (κ1) is 23.9. The average molecular weight is 493 g/mol. The molecule has 1 aromatic heterocycles. The van der Waals surface area contributed by atoms with Crippen LogP contribution >= 0.6 is 0 Å². The van der Waals surface area contributed by atoms with Gasteiger partial charge in [0.1, 0.15) is 17.3 Å². The second-order valence-corrected chi connectivity index (χ2v) is 9.43. The van der Waals surface area contributed by atoms with Gasteiger partial charge in [0, 0.05) is 36.1 Å². The molecule has 2 aliphatic heterocycles. The maximum Gasteiger partial charge on any atom is 0.328 e. The molecule has 0 radical (unpaired) electrons. The number of carbonyl (C=O) groups excluding carboxylic acids is 2. The predicted molar refractivity (Wildman–Crippen MR) is 133 cm³/mol. The van der Waals surface area contributed by atoms with Crippen molar-refractivity contribution in [2.24, 2.45) is 0 Å². The lowest BCUT2D eigenvalue weighted by molar-refractivity contribution is -0.133. The number of imide groups is 1. The van der Waals surface area contributed by atoms with E-state index in [1.165, 1.54) is 12.0 Å². The van der Waals surface area contributed by atoms with E-state index in [-0.39, 0.29) is 30.4 Å². The van der Waals surface area contributed by atoms with Crippen molar-refractivity contribution in [3.8, 4) is 11.5 Å². The first-order valence-corrected chi connectivity index (χ1v) is 11.9. The summed E-state index contributed by atoms with van der Waals surface area (Å²) in [6.45, 7) is 6.94. The molecule has 36 heavy (non-hydrogen) atoms. The monoisotopic (exact) mass is 492 g/mol. The summed E-state index contributed by atoms with van der Waals surface area (Å²) in [4.78, 5) is 33.7. The van der Waals surface area contributed by atoms with Gasteiger partial charge in [-0.3, -0.25) is 14.6 Å². The number of hydrogen-bond donors (Lipinski definition) is 3. The number of aromatic hydroxyl groups is 1. The zero-order valence-electron chi connectivity index (χ0n) is 20.3. The highest BCUT2D eigenvalue weighted by molar-refractivity contribution is 6.08. The van der Waals surface area contributed by atoms with Crippen LogP contribution in [0.25, 0.3) is 10.9 Å². The van der Waals surface area contributed by atoms with Gasteiger partial charge in [0.25, 0.3) is 5.91 Å². The van der Waals surface area contributed by atoms with E-state index >= 15 is 4.39 Å². The van der Waals surface area contributed by atoms with Crippen LogP contribution in [-0.2, 0) is 11.2 Å². The minimum absolute atomic E-state index is 0.0356. The first-order chi connectivity index (χ1) is 17.3. The van der Waals surface area contributed by atoms with Crippen LogP contribution in [-0.4, -0.2) is 64.1 Å². The average Bonchev–Trinajstić information content (AvgIpc) is 3.31. The summed E-state index contributed by atoms with van der Waals surface area (Å²) >= 11 is 0. The maximum absolute atomic E-state index is 15.5. The zero-order chi connectivity index (χ0) is 25.6. The minimum Gasteiger partial charge on any atom is -0.508 e. The normalized spacial score (nSPS) is 21.1. The van der Waals surface area contributed by atoms with Gasteiger partial charge in [-0.1, -0.05) is 18.2 Å². The molecule has 0 unspecified atom stereocenters. The number of hydrogen-bond acceptors (Lipinski definition) is 5. The van der Waals surface area contributed by atoms with Gasteiger partial charge >= 0.3 is 6.03 Å². The fraction of sp³-hybridized carbons (Fsp3) is 0.333. The molecule has 8 nitrogen and oxygen atoms in total. The van der Waals surface area contributed by atoms with E-state index < -0.39 is 23.4 Å². The van der Waals surface area contributed by atoms with Gasteiger partial charge in [0.15, 0.2) is 11.6 Å². The van der Waals surface area contributed by atoms with Crippen LogP contribution in [0.3, 0.4) is 0 Å². The zero-order valence-corrected chi connectivity index (χ0v) is 20.3. The number of fused-ring (bicyclic) bond motifs is 4. The highest BCUT2D eigenvalue weighted by Crippen LogP contribution is 2.49. The van der Waals surface area contributed by atoms with Gasteiger partial charge in [-0.15, -0.1) is 6.58 Å². The number of methoxy groups -OCH3 is 1. The fourth-order valence-electron chi connectivity index (χ4n) is 5.51. The molecule has 3 aromatic rings. The van der Waals surface area contributed by atoms with E-state index in [4.69, 9.17) is 4.74 Å². The Morgan fingerprint density at radius 1 is 1.33 bits per heavy atom. The van der Waals surface area contributed by atoms with E-state index in [1.54, 1.807) is 54.3 Å². The molecule has 1 saturated heterocycles. The maximum atomic E-state index is 15.5. The van der Waals surface area contributed by atoms with E-state index in [0.29, 0.717) is 47.2 Å². The topological polar surface area (TPSA) is 97.9 Å². The number of carbonyl (C=O) groups is 2. The lowest BCUT2D eigenvalue weighted by Crippen LogP contribution is -2.53. The molecule has 2 atom stereocenters. The second-order valence-electron chi connectivity index (χ2n) is 9.43. The predicted octanol–water partition coefficient (Wildman–Crippen LogP) is 3.86. The molecule has 3 heterocycles. The summed E-state index contributed by atoms with van der Waals surface area (Å²) in [6, 6.07) is 8.75. The Hall–Kier alpha value is -3.85. The van der Waals surface area contributed by atoms with Gasteiger partial charge in [-0.05, 0) is 55.3 Å². The van der Waals surface area contributed by atoms with Gasteiger partial charge in [-0.2, -0.15) is 0 Å². The van der Waals surface area contributed by atoms with Gasteiger partial charge in [0.2, 0.25) is 0 Å². The highest BCUT2D eigenvalue weighted by Gasteiger charge is 2.60. The summed E-state index contributed by atoms with van der Waals surface area (Å²) < 4.78 is 20.7. The number of H-pyrrole nitrogens is 1. The summed E-state index contributed by atoms with van der Waals surface area (Å²) in [7, 11) is 1.41. The largest absolute Gasteiger partial charge is 0.508 e. The fourth-order valence-corrected chi connectivity index (χ4v) is 5.51. The number of benzene rings is 2. The summed E-state index contributed by atoms with van der Waals surface area (Å²) in [5.41, 5.74) is 1.20. The molecule has 0 bridgehead atoms. The number of urea groups is 1. The van der Waals surface area contributed by atoms with Gasteiger partial charge < -0.3 is 20.1 Å². The molecule has 0 saturated carbocycles. The standard InChI is InChI=1S/C27H29FN4O4/c1-4-11-29-12-6-13-31-25(34)27(2)15-18-21-19(9-10-20(36-3)22(21)28)30-23(18)24(32(27)26(31)35)16-7-5-8-17(33)14-16/h4-5,7-10,14,24,29-30,33H,1,6,11-13,15H2,2-3H3/t24-,27+/m1/s1. The SMILES string of the molecule is C=CCNCCCN1C(=O)N2[C@H](c3cccc(O)c3)c3[nH]c4ccc(OC)c(F)c4c3C[C@@]2(C)C1=O. The third-order valence-electron chi connectivity index (χ3n) is 7.16. The molecule has 5 rings (SSSR count). The van der Waals surface area contributed by atoms with E-state index in [1.807, 2.05) is 0 Å². The lowest BCUT2D eigenvalue weighted by Gasteiger charge is -2.42. The molecule has 1 fully saturated rings. The Balaban J connectivity index is 1.64. The van der Waals surface area contributed by atoms with Crippen molar-refractivity contribution in [2.45, 2.75) is 31.3 Å². The number of aromatic nitrogens is 1. The smallest absolute Gasteiger partial charge is 0.328 e. The van der Waals surface area contributed by atoms with Crippen molar-refractivity contribution >= 4 is 22.8 Å². The van der Waals surface area contributed by atoms with Crippen molar-refractivity contribution in [3.05, 3.63) is 71.7 Å². The first-order valence-electron chi connectivity index (χ1n) is 11.9. The molecule has 9 heteroatoms. The molecule has 2 aliphatic rings. The Labute approximate surface area is 208 Å². The number of halogens is 1. The Bertz CT molecular complexity index is 1370. The van der Waals surface area contributed by atoms with Crippen molar-refractivity contribution < 1.29 is 23.8 Å². The molecule has 188 valence electrons. The van der Waals surface area contributed by atoms with Crippen LogP contribution in [0.4, 0.5) is 9.18 Å². The molecular weight excluding hydrogens is 463 g/mol. The number of ether oxygens (including phenoxy) is 1. The van der Waals surface area contributed by atoms with Crippen LogP contribution in [0.1, 0.15) is 36.2 Å². The van der Waals surface area contributed by atoms with Crippen molar-refractivity contribution in [3.63, 3.8) is 0 Å². The van der Waals surface area contributed by atoms with Crippen LogP contribution in [0.2, 0.25) is 0 Å². The lowest BCUT2D eigenvalue weighted by atomic mass is 9.81. The van der Waals surface area contributed by atoms with Crippen molar-refractivity contribution in [1.82, 2.24) is 20.1 Å². The van der Waals surface area contributed by atoms with Crippen LogP contribution in [0, 0.1) is 5.82 Å². The quantitative estimate of drug-likeness (QED) is 0.252. The second kappa shape index (κ2) is 8.98. The van der Waals surface area contributed by atoms with E-state index in [2.05, 4.69) is 16.9 Å². The molecule has 2 aromatic carbocycles. The third-order valence-corrected chi connectivity index (χ3v) is 7.16. The number of phenols is 1. The number of amides is 3. The highest BCUT2D eigenvalue weighted by atomic mass is 19.1. The summed E-state index contributed by atoms with van der Waals surface area (Å²) in [5.74, 6) is -0.688. The van der Waals surface area contributed by atoms with Crippen LogP contribution in [0.5, 0.6) is 11.5 Å². The summed E-state index contributed by atoms with van der Waals surface area (Å²) in [6.07, 6.45) is 2.49. The van der Waals surface area contributed by atoms with Crippen molar-refractivity contribution in [2.75, 3.05) is 26.7 Å². The van der Waals surface area contributed by atoms with Crippen molar-refractivity contribution in [1.29, 1.82) is 0 Å². The van der Waals surface area contributed by atoms with E-state index in [0.717, 1.165) is 0 Å². The molecule has 0 spiro atoms. The Morgan fingerprint density at radius 3 is 2.86 bits per heavy atom. The number of nitrogens with one attached hydrogen (secondary N) is 2. The number of phenolic OH excluding ortho intramolecular Hbond substituents is 1. The summed E-state index contributed by atoms with van der Waals surface area (Å²) in [5, 5.41) is 13.8. The van der Waals surface area contributed by atoms with Crippen LogP contribution < -0.4 is 10.1 Å².